The van der Waals surface area contributed by atoms with Crippen LogP contribution in [0.4, 0.5) is 17.5 Å². The van der Waals surface area contributed by atoms with E-state index in [9.17, 15) is 0 Å². The fourth-order valence-electron chi connectivity index (χ4n) is 2.82. The monoisotopic (exact) mass is 382 g/mol. The Hall–Kier alpha value is -2.79. The molecule has 0 amide bonds. The second-order valence-electron chi connectivity index (χ2n) is 5.95. The van der Waals surface area contributed by atoms with E-state index in [1.54, 1.807) is 13.2 Å². The van der Waals surface area contributed by atoms with Gasteiger partial charge in [-0.25, -0.2) is 4.98 Å². The van der Waals surface area contributed by atoms with E-state index in [1.165, 1.54) is 0 Å². The number of methoxy groups -OCH3 is 1. The second-order valence-corrected chi connectivity index (χ2v) is 6.38. The maximum Gasteiger partial charge on any atom is 0.227 e. The average Bonchev–Trinajstić information content (AvgIpc) is 2.70. The first-order chi connectivity index (χ1) is 13.1. The molecule has 0 atom stereocenters. The molecule has 140 valence electrons. The molecule has 1 heterocycles. The van der Waals surface area contributed by atoms with Crippen molar-refractivity contribution in [2.45, 2.75) is 13.8 Å². The van der Waals surface area contributed by atoms with Gasteiger partial charge >= 0.3 is 0 Å². The predicted octanol–water partition coefficient (Wildman–Crippen LogP) is 5.40. The first kappa shape index (κ1) is 19.0. The number of hydrogen-bond donors (Lipinski definition) is 1. The lowest BCUT2D eigenvalue weighted by Gasteiger charge is -2.20. The third-order valence-corrected chi connectivity index (χ3v) is 4.49. The zero-order chi connectivity index (χ0) is 19.2. The highest BCUT2D eigenvalue weighted by molar-refractivity contribution is 6.31. The molecule has 0 saturated heterocycles. The van der Waals surface area contributed by atoms with Crippen molar-refractivity contribution in [1.29, 1.82) is 0 Å². The summed E-state index contributed by atoms with van der Waals surface area (Å²) < 4.78 is 5.43. The van der Waals surface area contributed by atoms with Gasteiger partial charge in [0.1, 0.15) is 11.6 Å². The molecule has 0 unspecified atom stereocenters. The van der Waals surface area contributed by atoms with Crippen molar-refractivity contribution in [2.24, 2.45) is 0 Å². The number of anilines is 3. The Bertz CT molecular complexity index is 898. The highest BCUT2D eigenvalue weighted by Gasteiger charge is 2.13. The van der Waals surface area contributed by atoms with Crippen molar-refractivity contribution < 1.29 is 4.74 Å². The normalized spacial score (nSPS) is 10.5. The summed E-state index contributed by atoms with van der Waals surface area (Å²) in [5, 5.41) is 3.96. The summed E-state index contributed by atoms with van der Waals surface area (Å²) in [6.07, 6.45) is 0. The summed E-state index contributed by atoms with van der Waals surface area (Å²) in [7, 11) is 1.63. The van der Waals surface area contributed by atoms with Crippen LogP contribution in [0.3, 0.4) is 0 Å². The fraction of sp³-hybridized carbons (Fsp3) is 0.238. The molecule has 0 saturated carbocycles. The van der Waals surface area contributed by atoms with E-state index in [0.29, 0.717) is 22.5 Å². The Morgan fingerprint density at radius 3 is 2.41 bits per heavy atom. The highest BCUT2D eigenvalue weighted by Crippen LogP contribution is 2.31. The molecular formula is C21H23ClN4O. The molecule has 1 aromatic heterocycles. The molecule has 0 spiro atoms. The third kappa shape index (κ3) is 4.49. The van der Waals surface area contributed by atoms with Gasteiger partial charge in [-0.15, -0.1) is 0 Å². The summed E-state index contributed by atoms with van der Waals surface area (Å²) in [6.45, 7) is 5.84. The maximum atomic E-state index is 6.16. The van der Waals surface area contributed by atoms with Crippen LogP contribution in [-0.2, 0) is 0 Å². The summed E-state index contributed by atoms with van der Waals surface area (Å²) in [6, 6.07) is 17.5. The van der Waals surface area contributed by atoms with E-state index in [1.807, 2.05) is 48.5 Å². The van der Waals surface area contributed by atoms with Crippen molar-refractivity contribution in [3.8, 4) is 17.0 Å². The van der Waals surface area contributed by atoms with Gasteiger partial charge in [-0.05, 0) is 32.0 Å². The molecule has 0 radical (unpaired) electrons. The first-order valence-electron chi connectivity index (χ1n) is 8.94. The van der Waals surface area contributed by atoms with Gasteiger partial charge < -0.3 is 15.0 Å². The van der Waals surface area contributed by atoms with Crippen molar-refractivity contribution in [2.75, 3.05) is 30.4 Å². The number of ether oxygens (including phenoxy) is 1. The van der Waals surface area contributed by atoms with E-state index in [-0.39, 0.29) is 0 Å². The van der Waals surface area contributed by atoms with E-state index in [2.05, 4.69) is 24.1 Å². The lowest BCUT2D eigenvalue weighted by Crippen LogP contribution is -2.24. The Labute approximate surface area is 165 Å². The van der Waals surface area contributed by atoms with Gasteiger partial charge in [0.2, 0.25) is 5.95 Å². The molecule has 0 aliphatic rings. The number of benzene rings is 2. The Morgan fingerprint density at radius 1 is 1.00 bits per heavy atom. The van der Waals surface area contributed by atoms with Gasteiger partial charge in [-0.1, -0.05) is 41.9 Å². The van der Waals surface area contributed by atoms with Crippen LogP contribution < -0.4 is 15.0 Å². The lowest BCUT2D eigenvalue weighted by molar-refractivity contribution is 0.417. The topological polar surface area (TPSA) is 50.3 Å². The van der Waals surface area contributed by atoms with Crippen LogP contribution in [0.5, 0.6) is 5.75 Å². The van der Waals surface area contributed by atoms with E-state index < -0.39 is 0 Å². The van der Waals surface area contributed by atoms with Gasteiger partial charge in [-0.3, -0.25) is 0 Å². The molecule has 6 heteroatoms. The minimum atomic E-state index is 0.625. The first-order valence-corrected chi connectivity index (χ1v) is 9.32. The number of nitrogens with zero attached hydrogens (tertiary/aromatic N) is 3. The number of hydrogen-bond acceptors (Lipinski definition) is 5. The molecule has 2 aromatic carbocycles. The van der Waals surface area contributed by atoms with Crippen LogP contribution in [0.2, 0.25) is 5.02 Å². The van der Waals surface area contributed by atoms with Gasteiger partial charge in [-0.2, -0.15) is 4.98 Å². The molecule has 5 nitrogen and oxygen atoms in total. The molecule has 0 bridgehead atoms. The maximum absolute atomic E-state index is 6.16. The lowest BCUT2D eigenvalue weighted by atomic mass is 10.1. The van der Waals surface area contributed by atoms with Crippen LogP contribution in [-0.4, -0.2) is 30.2 Å². The number of nitrogens with one attached hydrogen (secondary N) is 1. The van der Waals surface area contributed by atoms with Crippen LogP contribution in [0, 0.1) is 0 Å². The van der Waals surface area contributed by atoms with Crippen LogP contribution in [0.25, 0.3) is 11.3 Å². The van der Waals surface area contributed by atoms with Crippen molar-refractivity contribution in [3.63, 3.8) is 0 Å². The quantitative estimate of drug-likeness (QED) is 0.593. The van der Waals surface area contributed by atoms with Gasteiger partial charge in [0, 0.05) is 29.7 Å². The molecular weight excluding hydrogens is 360 g/mol. The SMILES string of the molecule is CCN(CC)c1nc(Nc2cc(Cl)ccc2OC)cc(-c2ccccc2)n1. The molecule has 0 fully saturated rings. The zero-order valence-corrected chi connectivity index (χ0v) is 16.5. The predicted molar refractivity (Wildman–Crippen MR) is 112 cm³/mol. The summed E-state index contributed by atoms with van der Waals surface area (Å²) in [5.74, 6) is 2.07. The standard InChI is InChI=1S/C21H23ClN4O/c1-4-26(5-2)21-24-17(15-9-7-6-8-10-15)14-20(25-21)23-18-13-16(22)11-12-19(18)27-3/h6-14H,4-5H2,1-3H3,(H,23,24,25). The summed E-state index contributed by atoms with van der Waals surface area (Å²) in [4.78, 5) is 11.6. The fourth-order valence-corrected chi connectivity index (χ4v) is 2.99. The minimum absolute atomic E-state index is 0.625. The molecule has 0 aliphatic carbocycles. The largest absolute Gasteiger partial charge is 0.495 e. The second kappa shape index (κ2) is 8.73. The minimum Gasteiger partial charge on any atom is -0.495 e. The smallest absolute Gasteiger partial charge is 0.227 e. The Morgan fingerprint density at radius 2 is 1.74 bits per heavy atom. The third-order valence-electron chi connectivity index (χ3n) is 4.25. The van der Waals surface area contributed by atoms with Crippen molar-refractivity contribution >= 4 is 29.1 Å². The van der Waals surface area contributed by atoms with Crippen LogP contribution in [0.1, 0.15) is 13.8 Å². The van der Waals surface area contributed by atoms with Gasteiger partial charge in [0.05, 0.1) is 18.5 Å². The Balaban J connectivity index is 2.06. The van der Waals surface area contributed by atoms with Crippen LogP contribution in [0.15, 0.2) is 54.6 Å². The van der Waals surface area contributed by atoms with Crippen molar-refractivity contribution in [1.82, 2.24) is 9.97 Å². The number of halogens is 1. The zero-order valence-electron chi connectivity index (χ0n) is 15.7. The average molecular weight is 383 g/mol. The highest BCUT2D eigenvalue weighted by atomic mass is 35.5. The van der Waals surface area contributed by atoms with Gasteiger partial charge in [0.25, 0.3) is 0 Å². The van der Waals surface area contributed by atoms with E-state index in [0.717, 1.165) is 30.0 Å². The molecule has 0 aliphatic heterocycles. The van der Waals surface area contributed by atoms with Gasteiger partial charge in [0.15, 0.2) is 0 Å². The molecule has 27 heavy (non-hydrogen) atoms. The van der Waals surface area contributed by atoms with Crippen LogP contribution >= 0.6 is 11.6 Å². The molecule has 1 N–H and O–H groups in total. The molecule has 3 aromatic rings. The summed E-state index contributed by atoms with van der Waals surface area (Å²) in [5.41, 5.74) is 2.65. The number of rotatable bonds is 7. The van der Waals surface area contributed by atoms with Crippen molar-refractivity contribution in [3.05, 3.63) is 59.6 Å². The van der Waals surface area contributed by atoms with E-state index >= 15 is 0 Å². The summed E-state index contributed by atoms with van der Waals surface area (Å²) >= 11 is 6.16. The Kier molecular flexibility index (Phi) is 6.14. The number of aromatic nitrogens is 2. The van der Waals surface area contributed by atoms with E-state index in [4.69, 9.17) is 26.3 Å². The molecule has 3 rings (SSSR count).